The van der Waals surface area contributed by atoms with Crippen LogP contribution in [0, 0.1) is 0 Å². The van der Waals surface area contributed by atoms with E-state index >= 15 is 0 Å². The lowest BCUT2D eigenvalue weighted by atomic mass is 10.0. The fraction of sp³-hybridized carbons (Fsp3) is 0.321. The molecule has 31 heavy (non-hydrogen) atoms. The van der Waals surface area contributed by atoms with Gasteiger partial charge in [0.05, 0.1) is 0 Å². The lowest BCUT2D eigenvalue weighted by Crippen LogP contribution is -2.05. The smallest absolute Gasteiger partial charge is 0.132 e. The molecule has 0 atom stereocenters. The van der Waals surface area contributed by atoms with Crippen molar-refractivity contribution in [1.29, 1.82) is 0 Å². The van der Waals surface area contributed by atoms with Gasteiger partial charge >= 0.3 is 0 Å². The van der Waals surface area contributed by atoms with Gasteiger partial charge in [0.25, 0.3) is 0 Å². The molecule has 0 saturated heterocycles. The predicted molar refractivity (Wildman–Crippen MR) is 131 cm³/mol. The minimum atomic E-state index is 0.891. The summed E-state index contributed by atoms with van der Waals surface area (Å²) in [6, 6.07) is 22.0. The molecule has 0 bridgehead atoms. The molecular weight excluding hydrogens is 378 g/mol. The van der Waals surface area contributed by atoms with Gasteiger partial charge in [0.15, 0.2) is 0 Å². The molecule has 0 saturated carbocycles. The second kappa shape index (κ2) is 10.8. The third kappa shape index (κ3) is 5.16. The van der Waals surface area contributed by atoms with E-state index in [2.05, 4.69) is 96.4 Å². The molecule has 4 aromatic rings. The number of hydrogen-bond acceptors (Lipinski definition) is 3. The Labute approximate surface area is 186 Å². The normalized spacial score (nSPS) is 11.0. The minimum absolute atomic E-state index is 0.891. The third-order valence-electron chi connectivity index (χ3n) is 5.38. The summed E-state index contributed by atoms with van der Waals surface area (Å²) in [4.78, 5) is 12.9. The predicted octanol–water partition coefficient (Wildman–Crippen LogP) is 7.00. The maximum absolute atomic E-state index is 4.30. The van der Waals surface area contributed by atoms with Crippen molar-refractivity contribution in [3.63, 3.8) is 0 Å². The molecule has 3 nitrogen and oxygen atoms in total. The van der Waals surface area contributed by atoms with Crippen LogP contribution in [-0.2, 0) is 25.7 Å². The highest BCUT2D eigenvalue weighted by Crippen LogP contribution is 2.38. The molecule has 0 spiro atoms. The molecule has 0 radical (unpaired) electrons. The first-order chi connectivity index (χ1) is 15.2. The lowest BCUT2D eigenvalue weighted by Gasteiger charge is -2.03. The third-order valence-corrected chi connectivity index (χ3v) is 5.38. The van der Waals surface area contributed by atoms with Gasteiger partial charge in [-0.3, -0.25) is 0 Å². The number of hydrogen-bond donors (Lipinski definition) is 0. The summed E-state index contributed by atoms with van der Waals surface area (Å²) in [7, 11) is 0. The molecule has 0 N–H and O–H groups in total. The largest absolute Gasteiger partial charge is 0.218 e. The van der Waals surface area contributed by atoms with Crippen LogP contribution in [0.5, 0.6) is 0 Å². The highest BCUT2D eigenvalue weighted by Gasteiger charge is 2.17. The first kappa shape index (κ1) is 22.6. The van der Waals surface area contributed by atoms with Crippen molar-refractivity contribution < 1.29 is 0 Å². The molecule has 1 aliphatic carbocycles. The first-order valence-electron chi connectivity index (χ1n) is 11.5. The van der Waals surface area contributed by atoms with Crippen molar-refractivity contribution in [2.45, 2.75) is 60.3 Å². The van der Waals surface area contributed by atoms with Gasteiger partial charge in [-0.1, -0.05) is 89.2 Å². The molecule has 0 fully saturated rings. The van der Waals surface area contributed by atoms with Crippen LogP contribution in [0.2, 0.25) is 0 Å². The Kier molecular flexibility index (Phi) is 7.88. The van der Waals surface area contributed by atoms with Crippen molar-refractivity contribution in [2.75, 3.05) is 0 Å². The number of aryl methyl sites for hydroxylation is 3. The van der Waals surface area contributed by atoms with Crippen molar-refractivity contribution in [1.82, 2.24) is 15.0 Å². The van der Waals surface area contributed by atoms with Crippen molar-refractivity contribution in [2.24, 2.45) is 0 Å². The Morgan fingerprint density at radius 1 is 0.581 bits per heavy atom. The van der Waals surface area contributed by atoms with Crippen LogP contribution in [0.3, 0.4) is 0 Å². The zero-order valence-corrected chi connectivity index (χ0v) is 19.4. The molecule has 160 valence electrons. The number of nitrogens with zero attached hydrogens (tertiary/aromatic N) is 3. The lowest BCUT2D eigenvalue weighted by molar-refractivity contribution is 0.772. The van der Waals surface area contributed by atoms with Crippen LogP contribution < -0.4 is 0 Å². The number of benzene rings is 3. The molecule has 0 amide bonds. The topological polar surface area (TPSA) is 38.7 Å². The highest BCUT2D eigenvalue weighted by molar-refractivity contribution is 5.91. The molecule has 5 rings (SSSR count). The van der Waals surface area contributed by atoms with Crippen molar-refractivity contribution in [3.05, 3.63) is 89.3 Å². The Balaban J connectivity index is 0.000000173. The minimum Gasteiger partial charge on any atom is -0.218 e. The quantitative estimate of drug-likeness (QED) is 0.321. The van der Waals surface area contributed by atoms with Crippen LogP contribution in [0.4, 0.5) is 0 Å². The van der Waals surface area contributed by atoms with Crippen molar-refractivity contribution in [3.8, 4) is 11.1 Å². The van der Waals surface area contributed by atoms with Crippen LogP contribution in [0.1, 0.15) is 63.2 Å². The average molecular weight is 412 g/mol. The van der Waals surface area contributed by atoms with E-state index in [1.807, 2.05) is 13.8 Å². The van der Waals surface area contributed by atoms with E-state index < -0.39 is 0 Å². The zero-order valence-electron chi connectivity index (χ0n) is 19.4. The van der Waals surface area contributed by atoms with Gasteiger partial charge in [-0.05, 0) is 45.5 Å². The fourth-order valence-corrected chi connectivity index (χ4v) is 3.82. The summed E-state index contributed by atoms with van der Waals surface area (Å²) < 4.78 is 0. The van der Waals surface area contributed by atoms with E-state index in [-0.39, 0.29) is 0 Å². The van der Waals surface area contributed by atoms with E-state index in [1.54, 1.807) is 0 Å². The van der Waals surface area contributed by atoms with E-state index in [0.717, 1.165) is 43.2 Å². The number of aromatic nitrogens is 3. The summed E-state index contributed by atoms with van der Waals surface area (Å²) in [5, 5.41) is 2.68. The van der Waals surface area contributed by atoms with Gasteiger partial charge in [0, 0.05) is 19.3 Å². The van der Waals surface area contributed by atoms with Gasteiger partial charge < -0.3 is 0 Å². The Hall–Kier alpha value is -3.07. The van der Waals surface area contributed by atoms with Gasteiger partial charge in [-0.15, -0.1) is 0 Å². The van der Waals surface area contributed by atoms with Gasteiger partial charge in [0.1, 0.15) is 17.5 Å². The second-order valence-electron chi connectivity index (χ2n) is 7.34. The number of rotatable bonds is 3. The molecule has 0 aliphatic heterocycles. The van der Waals surface area contributed by atoms with E-state index in [9.17, 15) is 0 Å². The molecule has 0 unspecified atom stereocenters. The summed E-state index contributed by atoms with van der Waals surface area (Å²) in [6.07, 6.45) is 3.75. The van der Waals surface area contributed by atoms with Gasteiger partial charge in [-0.2, -0.15) is 0 Å². The molecule has 3 aromatic carbocycles. The van der Waals surface area contributed by atoms with E-state index in [4.69, 9.17) is 0 Å². The zero-order chi connectivity index (χ0) is 22.2. The standard InChI is InChI=1S/C17H12.C9H15N3.C2H6/c1-2-6-13-11-17-15(9-12(13)5-1)10-14-7-3-4-8-16(14)17;1-4-7-10-8(5-2)12-9(6-3)11-7;1-2/h1-9,11H,10H2;4-6H2,1-3H3;1-2H3. The van der Waals surface area contributed by atoms with Crippen LogP contribution >= 0.6 is 0 Å². The van der Waals surface area contributed by atoms with Gasteiger partial charge in [-0.25, -0.2) is 15.0 Å². The molecule has 1 aliphatic rings. The van der Waals surface area contributed by atoms with E-state index in [1.165, 1.54) is 33.0 Å². The molecule has 3 heteroatoms. The summed E-state index contributed by atoms with van der Waals surface area (Å²) in [5.74, 6) is 2.75. The van der Waals surface area contributed by atoms with Gasteiger partial charge in [0.2, 0.25) is 0 Å². The highest BCUT2D eigenvalue weighted by atomic mass is 15.0. The SMILES string of the molecule is CC.CCc1nc(CC)nc(CC)n1.c1ccc2c(c1)Cc1cc3ccccc3cc1-2. The van der Waals surface area contributed by atoms with Crippen molar-refractivity contribution >= 4 is 10.8 Å². The Morgan fingerprint density at radius 2 is 1.06 bits per heavy atom. The van der Waals surface area contributed by atoms with Crippen LogP contribution in [0.15, 0.2) is 60.7 Å². The maximum atomic E-state index is 4.30. The Bertz CT molecular complexity index is 1090. The van der Waals surface area contributed by atoms with Crippen LogP contribution in [-0.4, -0.2) is 15.0 Å². The molecular formula is C28H33N3. The van der Waals surface area contributed by atoms with E-state index in [0.29, 0.717) is 0 Å². The average Bonchev–Trinajstić information content (AvgIpc) is 3.21. The number of fused-ring (bicyclic) bond motifs is 4. The molecule has 1 aromatic heterocycles. The fourth-order valence-electron chi connectivity index (χ4n) is 3.82. The molecule has 1 heterocycles. The summed E-state index contributed by atoms with van der Waals surface area (Å²) in [6.45, 7) is 10.2. The Morgan fingerprint density at radius 3 is 1.61 bits per heavy atom. The maximum Gasteiger partial charge on any atom is 0.132 e. The monoisotopic (exact) mass is 411 g/mol. The summed E-state index contributed by atoms with van der Waals surface area (Å²) >= 11 is 0. The summed E-state index contributed by atoms with van der Waals surface area (Å²) in [5.41, 5.74) is 5.75. The van der Waals surface area contributed by atoms with Crippen LogP contribution in [0.25, 0.3) is 21.9 Å². The first-order valence-corrected chi connectivity index (χ1v) is 11.5. The second-order valence-corrected chi connectivity index (χ2v) is 7.34.